The zero-order valence-corrected chi connectivity index (χ0v) is 26.7. The fourth-order valence-electron chi connectivity index (χ4n) is 5.04. The van der Waals surface area contributed by atoms with Crippen LogP contribution in [0.1, 0.15) is 0 Å². The van der Waals surface area contributed by atoms with Crippen LogP contribution in [0, 0.1) is 0 Å². The van der Waals surface area contributed by atoms with Crippen LogP contribution in [-0.2, 0) is 30.4 Å². The summed E-state index contributed by atoms with van der Waals surface area (Å²) in [6.07, 6.45) is 0. The molecule has 0 spiro atoms. The molecule has 0 aliphatic carbocycles. The number of fused-ring (bicyclic) bond motifs is 3. The number of phenolic OH excluding ortho intramolecular Hbond substituents is 3. The lowest BCUT2D eigenvalue weighted by molar-refractivity contribution is 0.406. The molecule has 250 valence electrons. The van der Waals surface area contributed by atoms with Crippen molar-refractivity contribution in [3.05, 3.63) is 84.9 Å². The molecule has 0 aliphatic rings. The Bertz CT molecular complexity index is 2790. The van der Waals surface area contributed by atoms with E-state index >= 15 is 0 Å². The summed E-state index contributed by atoms with van der Waals surface area (Å²) < 4.78 is 100. The number of aromatic hydroxyl groups is 3. The van der Waals surface area contributed by atoms with E-state index in [-0.39, 0.29) is 38.7 Å². The molecule has 0 heterocycles. The molecule has 0 unspecified atom stereocenters. The van der Waals surface area contributed by atoms with E-state index in [1.165, 1.54) is 24.3 Å². The van der Waals surface area contributed by atoms with Gasteiger partial charge in [-0.25, -0.2) is 0 Å². The zero-order chi connectivity index (χ0) is 35.5. The van der Waals surface area contributed by atoms with Gasteiger partial charge in [0.15, 0.2) is 11.5 Å². The second kappa shape index (κ2) is 11.8. The number of hydrogen-bond donors (Lipinski definition) is 6. The summed E-state index contributed by atoms with van der Waals surface area (Å²) in [7, 11) is -14.7. The van der Waals surface area contributed by atoms with Crippen LogP contribution in [0.4, 0.5) is 22.7 Å². The Hall–Kier alpha value is -5.57. The van der Waals surface area contributed by atoms with Crippen molar-refractivity contribution in [2.75, 3.05) is 0 Å². The van der Waals surface area contributed by atoms with Crippen LogP contribution in [-0.4, -0.2) is 54.2 Å². The predicted octanol–water partition coefficient (Wildman–Crippen LogP) is 6.83. The van der Waals surface area contributed by atoms with E-state index in [2.05, 4.69) is 20.5 Å². The first-order valence-electron chi connectivity index (χ1n) is 13.5. The number of phenols is 3. The van der Waals surface area contributed by atoms with Crippen molar-refractivity contribution in [1.82, 2.24) is 0 Å². The molecule has 0 fully saturated rings. The normalized spacial score (nSPS) is 13.0. The van der Waals surface area contributed by atoms with Gasteiger partial charge in [-0.15, -0.1) is 15.3 Å². The van der Waals surface area contributed by atoms with Crippen LogP contribution in [0.2, 0.25) is 0 Å². The van der Waals surface area contributed by atoms with Crippen LogP contribution < -0.4 is 0 Å². The summed E-state index contributed by atoms with van der Waals surface area (Å²) in [4.78, 5) is -2.26. The van der Waals surface area contributed by atoms with Gasteiger partial charge in [-0.2, -0.15) is 30.4 Å². The highest BCUT2D eigenvalue weighted by Gasteiger charge is 2.23. The molecule has 0 amide bonds. The van der Waals surface area contributed by atoms with Gasteiger partial charge in [0.1, 0.15) is 22.0 Å². The third kappa shape index (κ3) is 6.36. The molecule has 0 bridgehead atoms. The molecule has 19 heteroatoms. The molecule has 0 aliphatic heterocycles. The quantitative estimate of drug-likeness (QED) is 0.0561. The van der Waals surface area contributed by atoms with Gasteiger partial charge in [0, 0.05) is 26.9 Å². The lowest BCUT2D eigenvalue weighted by Crippen LogP contribution is -2.04. The van der Waals surface area contributed by atoms with E-state index in [0.29, 0.717) is 16.8 Å². The first-order valence-corrected chi connectivity index (χ1v) is 17.8. The van der Waals surface area contributed by atoms with Crippen LogP contribution in [0.3, 0.4) is 0 Å². The van der Waals surface area contributed by atoms with E-state index in [0.717, 1.165) is 30.3 Å². The highest BCUT2D eigenvalue weighted by Crippen LogP contribution is 2.51. The molecule has 0 saturated carbocycles. The van der Waals surface area contributed by atoms with Crippen molar-refractivity contribution >= 4 is 85.4 Å². The van der Waals surface area contributed by atoms with Gasteiger partial charge in [-0.1, -0.05) is 36.4 Å². The Morgan fingerprint density at radius 2 is 1.10 bits per heavy atom. The van der Waals surface area contributed by atoms with Crippen LogP contribution in [0.5, 0.6) is 17.2 Å². The first-order chi connectivity index (χ1) is 22.9. The maximum absolute atomic E-state index is 12.1. The van der Waals surface area contributed by atoms with E-state index in [1.807, 2.05) is 0 Å². The fraction of sp³-hybridized carbons (Fsp3) is 0. The largest absolute Gasteiger partial charge is 0.507 e. The van der Waals surface area contributed by atoms with Gasteiger partial charge in [0.25, 0.3) is 30.4 Å². The van der Waals surface area contributed by atoms with Gasteiger partial charge in [0.05, 0.1) is 21.2 Å². The highest BCUT2D eigenvalue weighted by molar-refractivity contribution is 7.87. The van der Waals surface area contributed by atoms with Crippen molar-refractivity contribution in [1.29, 1.82) is 0 Å². The fourth-order valence-corrected chi connectivity index (χ4v) is 6.90. The number of hydrogen-bond acceptors (Lipinski definition) is 13. The first kappa shape index (κ1) is 33.3. The molecule has 6 aromatic rings. The summed E-state index contributed by atoms with van der Waals surface area (Å²) in [6.45, 7) is 0. The smallest absolute Gasteiger partial charge is 0.295 e. The molecule has 16 nitrogen and oxygen atoms in total. The number of nitrogens with zero attached hydrogens (tertiary/aromatic N) is 4. The Labute approximate surface area is 276 Å². The van der Waals surface area contributed by atoms with E-state index < -0.39 is 67.9 Å². The van der Waals surface area contributed by atoms with Gasteiger partial charge in [-0.05, 0) is 53.9 Å². The van der Waals surface area contributed by atoms with Crippen LogP contribution >= 0.6 is 0 Å². The van der Waals surface area contributed by atoms with Crippen molar-refractivity contribution in [3.63, 3.8) is 0 Å². The lowest BCUT2D eigenvalue weighted by atomic mass is 10.1. The number of rotatable bonds is 7. The predicted molar refractivity (Wildman–Crippen MR) is 175 cm³/mol. The summed E-state index contributed by atoms with van der Waals surface area (Å²) in [5, 5.41) is 48.9. The van der Waals surface area contributed by atoms with Gasteiger partial charge in [-0.3, -0.25) is 13.7 Å². The standard InChI is InChI=1S/C30H20N4O12S3/c35-25-10-9-24(19-3-1-2-4-20(19)25)32-34-28-23-13-17(47(38,39)40)7-8-21(23)27(29(36)30(28)37)33-31-16-6-5-15-11-18(48(41,42)43)14-26(22(15)12-16)49(44,45)46/h1-14,35-37H,(H,38,39,40)(H,41,42,43)(H,44,45,46). The SMILES string of the molecule is O=S(=O)(O)c1cc(S(=O)(=O)O)c2cc(N=Nc3c(O)c(O)c(N=Nc4ccc(O)c5ccccc45)c4cc(S(=O)(=O)O)ccc34)ccc2c1. The Morgan fingerprint density at radius 1 is 0.469 bits per heavy atom. The van der Waals surface area contributed by atoms with E-state index in [4.69, 9.17) is 0 Å². The maximum atomic E-state index is 12.1. The summed E-state index contributed by atoms with van der Waals surface area (Å²) >= 11 is 0. The lowest BCUT2D eigenvalue weighted by Gasteiger charge is -2.11. The third-order valence-electron chi connectivity index (χ3n) is 7.32. The average molecular weight is 725 g/mol. The topological polar surface area (TPSA) is 273 Å². The van der Waals surface area contributed by atoms with Gasteiger partial charge < -0.3 is 15.3 Å². The monoisotopic (exact) mass is 724 g/mol. The average Bonchev–Trinajstić information content (AvgIpc) is 3.03. The second-order valence-corrected chi connectivity index (χ2v) is 14.6. The highest BCUT2D eigenvalue weighted by atomic mass is 32.2. The van der Waals surface area contributed by atoms with E-state index in [9.17, 15) is 54.2 Å². The Balaban J connectivity index is 1.53. The molecule has 0 aromatic heterocycles. The summed E-state index contributed by atoms with van der Waals surface area (Å²) in [5.74, 6) is -1.82. The van der Waals surface area contributed by atoms with Crippen molar-refractivity contribution < 1.29 is 54.2 Å². The van der Waals surface area contributed by atoms with Crippen LogP contribution in [0.25, 0.3) is 32.3 Å². The number of benzene rings is 6. The molecule has 6 aromatic carbocycles. The Kier molecular flexibility index (Phi) is 8.05. The minimum absolute atomic E-state index is 0.0264. The molecular formula is C30H20N4O12S3. The molecule has 6 N–H and O–H groups in total. The van der Waals surface area contributed by atoms with Crippen molar-refractivity contribution in [3.8, 4) is 17.2 Å². The minimum atomic E-state index is -5.02. The molecule has 6 rings (SSSR count). The molecule has 49 heavy (non-hydrogen) atoms. The van der Waals surface area contributed by atoms with Gasteiger partial charge >= 0.3 is 0 Å². The van der Waals surface area contributed by atoms with Crippen molar-refractivity contribution in [2.24, 2.45) is 20.5 Å². The summed E-state index contributed by atoms with van der Waals surface area (Å²) in [5.41, 5.74) is -0.700. The zero-order valence-electron chi connectivity index (χ0n) is 24.2. The minimum Gasteiger partial charge on any atom is -0.507 e. The summed E-state index contributed by atoms with van der Waals surface area (Å²) in [6, 6.07) is 17.6. The molecule has 0 atom stereocenters. The number of azo groups is 2. The van der Waals surface area contributed by atoms with Crippen molar-refractivity contribution in [2.45, 2.75) is 14.7 Å². The van der Waals surface area contributed by atoms with E-state index in [1.54, 1.807) is 24.3 Å². The van der Waals surface area contributed by atoms with Gasteiger partial charge in [0.2, 0.25) is 0 Å². The molecule has 0 radical (unpaired) electrons. The van der Waals surface area contributed by atoms with Crippen LogP contribution in [0.15, 0.2) is 120 Å². The second-order valence-electron chi connectivity index (χ2n) is 10.4. The Morgan fingerprint density at radius 3 is 1.76 bits per heavy atom. The molecular weight excluding hydrogens is 705 g/mol. The maximum Gasteiger partial charge on any atom is 0.295 e. The third-order valence-corrected chi connectivity index (χ3v) is 9.90. The molecule has 0 saturated heterocycles.